The summed E-state index contributed by atoms with van der Waals surface area (Å²) in [6.45, 7) is 0.397. The Hall–Kier alpha value is -3.23. The average Bonchev–Trinajstić information content (AvgIpc) is 3.41. The lowest BCUT2D eigenvalue weighted by atomic mass is 10.1. The van der Waals surface area contributed by atoms with E-state index in [9.17, 15) is 18.0 Å². The summed E-state index contributed by atoms with van der Waals surface area (Å²) in [5.74, 6) is -0.305. The van der Waals surface area contributed by atoms with E-state index in [2.05, 4.69) is 9.84 Å². The van der Waals surface area contributed by atoms with Crippen molar-refractivity contribution in [3.63, 3.8) is 0 Å². The molecule has 0 saturated carbocycles. The predicted molar refractivity (Wildman–Crippen MR) is 101 cm³/mol. The number of alkyl halides is 3. The Labute approximate surface area is 170 Å². The molecular formula is C21H20F3N3O3. The summed E-state index contributed by atoms with van der Waals surface area (Å²) in [4.78, 5) is 14.7. The molecule has 0 saturated heterocycles. The maximum Gasteiger partial charge on any atom is 0.573 e. The lowest BCUT2D eigenvalue weighted by Crippen LogP contribution is -2.30. The van der Waals surface area contributed by atoms with Crippen LogP contribution in [0.3, 0.4) is 0 Å². The third-order valence-corrected chi connectivity index (χ3v) is 5.07. The minimum absolute atomic E-state index is 0.0934. The normalized spacial score (nSPS) is 13.3. The molecule has 0 atom stereocenters. The highest BCUT2D eigenvalue weighted by Gasteiger charge is 2.31. The molecule has 4 rings (SSSR count). The van der Waals surface area contributed by atoms with E-state index in [0.29, 0.717) is 5.76 Å². The summed E-state index contributed by atoms with van der Waals surface area (Å²) in [5, 5.41) is 4.56. The number of aromatic nitrogens is 2. The number of fused-ring (bicyclic) bond motifs is 1. The fraction of sp³-hybridized carbons (Fsp3) is 0.333. The van der Waals surface area contributed by atoms with Gasteiger partial charge in [0, 0.05) is 18.3 Å². The summed E-state index contributed by atoms with van der Waals surface area (Å²) in [6, 6.07) is 8.53. The Bertz CT molecular complexity index is 1040. The van der Waals surface area contributed by atoms with Crippen molar-refractivity contribution in [1.29, 1.82) is 0 Å². The van der Waals surface area contributed by atoms with Gasteiger partial charge in [0.05, 0.1) is 25.0 Å². The summed E-state index contributed by atoms with van der Waals surface area (Å²) in [5.41, 5.74) is 3.20. The van der Waals surface area contributed by atoms with E-state index in [4.69, 9.17) is 4.42 Å². The van der Waals surface area contributed by atoms with Crippen molar-refractivity contribution >= 4 is 5.91 Å². The molecule has 2 aromatic heterocycles. The molecular weight excluding hydrogens is 399 g/mol. The molecule has 0 N–H and O–H groups in total. The Morgan fingerprint density at radius 2 is 2.07 bits per heavy atom. The van der Waals surface area contributed by atoms with Crippen molar-refractivity contribution in [3.8, 4) is 5.75 Å². The van der Waals surface area contributed by atoms with Crippen molar-refractivity contribution in [2.45, 2.75) is 38.7 Å². The Kier molecular flexibility index (Phi) is 5.27. The number of carbonyl (C=O) groups is 1. The third kappa shape index (κ3) is 4.34. The van der Waals surface area contributed by atoms with Crippen molar-refractivity contribution < 1.29 is 27.1 Å². The SMILES string of the molecule is Cn1nc(CN(Cc2ccco2)C(=O)c2cccc(OC(F)(F)F)c2)c2c1CCC2. The number of carbonyl (C=O) groups excluding carboxylic acids is 1. The third-order valence-electron chi connectivity index (χ3n) is 5.07. The van der Waals surface area contributed by atoms with Crippen molar-refractivity contribution in [2.24, 2.45) is 7.05 Å². The lowest BCUT2D eigenvalue weighted by Gasteiger charge is -2.22. The first-order valence-electron chi connectivity index (χ1n) is 9.51. The molecule has 0 aliphatic heterocycles. The molecule has 3 aromatic rings. The Morgan fingerprint density at radius 1 is 1.23 bits per heavy atom. The number of ether oxygens (including phenoxy) is 1. The number of hydrogen-bond donors (Lipinski definition) is 0. The molecule has 0 spiro atoms. The van der Waals surface area contributed by atoms with Gasteiger partial charge < -0.3 is 14.1 Å². The Balaban J connectivity index is 1.62. The first-order valence-corrected chi connectivity index (χ1v) is 9.51. The van der Waals surface area contributed by atoms with Crippen LogP contribution >= 0.6 is 0 Å². The molecule has 9 heteroatoms. The number of furan rings is 1. The second kappa shape index (κ2) is 7.89. The predicted octanol–water partition coefficient (Wildman–Crippen LogP) is 4.24. The summed E-state index contributed by atoms with van der Waals surface area (Å²) < 4.78 is 48.9. The highest BCUT2D eigenvalue weighted by Crippen LogP contribution is 2.28. The van der Waals surface area contributed by atoms with E-state index < -0.39 is 18.0 Å². The molecule has 1 aliphatic rings. The second-order valence-corrected chi connectivity index (χ2v) is 7.17. The van der Waals surface area contributed by atoms with Gasteiger partial charge in [0.2, 0.25) is 0 Å². The van der Waals surface area contributed by atoms with Gasteiger partial charge in [-0.1, -0.05) is 6.07 Å². The summed E-state index contributed by atoms with van der Waals surface area (Å²) in [7, 11) is 1.88. The van der Waals surface area contributed by atoms with Crippen LogP contribution in [0.5, 0.6) is 5.75 Å². The smallest absolute Gasteiger partial charge is 0.467 e. The summed E-state index contributed by atoms with van der Waals surface area (Å²) in [6.07, 6.45) is -0.437. The molecule has 0 radical (unpaired) electrons. The number of nitrogens with zero attached hydrogens (tertiary/aromatic N) is 3. The van der Waals surface area contributed by atoms with Crippen LogP contribution in [0.4, 0.5) is 13.2 Å². The van der Waals surface area contributed by atoms with Crippen LogP contribution in [0.15, 0.2) is 47.1 Å². The molecule has 1 aromatic carbocycles. The lowest BCUT2D eigenvalue weighted by molar-refractivity contribution is -0.274. The highest BCUT2D eigenvalue weighted by molar-refractivity contribution is 5.94. The van der Waals surface area contributed by atoms with Crippen LogP contribution in [0, 0.1) is 0 Å². The van der Waals surface area contributed by atoms with Crippen molar-refractivity contribution in [3.05, 3.63) is 70.9 Å². The van der Waals surface area contributed by atoms with Crippen LogP contribution in [0.2, 0.25) is 0 Å². The fourth-order valence-electron chi connectivity index (χ4n) is 3.80. The van der Waals surface area contributed by atoms with Crippen LogP contribution in [0.25, 0.3) is 0 Å². The number of rotatable bonds is 6. The average molecular weight is 419 g/mol. The van der Waals surface area contributed by atoms with Crippen molar-refractivity contribution in [1.82, 2.24) is 14.7 Å². The van der Waals surface area contributed by atoms with E-state index >= 15 is 0 Å². The largest absolute Gasteiger partial charge is 0.573 e. The van der Waals surface area contributed by atoms with E-state index in [1.54, 1.807) is 12.1 Å². The maximum absolute atomic E-state index is 13.2. The molecule has 0 unspecified atom stereocenters. The Morgan fingerprint density at radius 3 is 2.80 bits per heavy atom. The van der Waals surface area contributed by atoms with Gasteiger partial charge in [0.25, 0.3) is 5.91 Å². The number of halogens is 3. The zero-order valence-electron chi connectivity index (χ0n) is 16.3. The quantitative estimate of drug-likeness (QED) is 0.600. The number of amides is 1. The van der Waals surface area contributed by atoms with Gasteiger partial charge >= 0.3 is 6.36 Å². The van der Waals surface area contributed by atoms with Crippen LogP contribution in [0.1, 0.15) is 39.5 Å². The van der Waals surface area contributed by atoms with E-state index in [1.807, 2.05) is 11.7 Å². The summed E-state index contributed by atoms with van der Waals surface area (Å²) >= 11 is 0. The molecule has 158 valence electrons. The van der Waals surface area contributed by atoms with Crippen LogP contribution < -0.4 is 4.74 Å². The minimum Gasteiger partial charge on any atom is -0.467 e. The van der Waals surface area contributed by atoms with E-state index in [0.717, 1.165) is 48.3 Å². The van der Waals surface area contributed by atoms with Crippen molar-refractivity contribution in [2.75, 3.05) is 0 Å². The maximum atomic E-state index is 13.2. The molecule has 0 fully saturated rings. The number of aryl methyl sites for hydroxylation is 1. The van der Waals surface area contributed by atoms with Gasteiger partial charge in [-0.25, -0.2) is 0 Å². The fourth-order valence-corrected chi connectivity index (χ4v) is 3.80. The van der Waals surface area contributed by atoms with E-state index in [-0.39, 0.29) is 18.7 Å². The zero-order chi connectivity index (χ0) is 21.3. The molecule has 30 heavy (non-hydrogen) atoms. The topological polar surface area (TPSA) is 60.5 Å². The van der Waals surface area contributed by atoms with Gasteiger partial charge in [-0.15, -0.1) is 13.2 Å². The molecule has 0 bridgehead atoms. The van der Waals surface area contributed by atoms with E-state index in [1.165, 1.54) is 23.3 Å². The first-order chi connectivity index (χ1) is 14.3. The number of benzene rings is 1. The molecule has 6 nitrogen and oxygen atoms in total. The van der Waals surface area contributed by atoms with Gasteiger partial charge in [-0.05, 0) is 55.2 Å². The monoisotopic (exact) mass is 419 g/mol. The molecule has 1 amide bonds. The van der Waals surface area contributed by atoms with Gasteiger partial charge in [-0.3, -0.25) is 9.48 Å². The van der Waals surface area contributed by atoms with Crippen LogP contribution in [-0.2, 0) is 33.0 Å². The molecule has 1 aliphatic carbocycles. The van der Waals surface area contributed by atoms with Gasteiger partial charge in [-0.2, -0.15) is 5.10 Å². The minimum atomic E-state index is -4.83. The van der Waals surface area contributed by atoms with Gasteiger partial charge in [0.1, 0.15) is 11.5 Å². The van der Waals surface area contributed by atoms with Gasteiger partial charge in [0.15, 0.2) is 0 Å². The molecule has 2 heterocycles. The zero-order valence-corrected chi connectivity index (χ0v) is 16.3. The standard InChI is InChI=1S/C21H20F3N3O3/c1-26-19-9-3-8-17(19)18(25-26)13-27(12-16-7-4-10-29-16)20(28)14-5-2-6-15(11-14)30-21(22,23)24/h2,4-7,10-11H,3,8-9,12-13H2,1H3. The first kappa shape index (κ1) is 20.1. The second-order valence-electron chi connectivity index (χ2n) is 7.17. The highest BCUT2D eigenvalue weighted by atomic mass is 19.4. The van der Waals surface area contributed by atoms with Crippen LogP contribution in [-0.4, -0.2) is 26.9 Å². The number of hydrogen-bond acceptors (Lipinski definition) is 4.